The number of benzene rings is 1. The van der Waals surface area contributed by atoms with E-state index in [4.69, 9.17) is 11.6 Å². The molecule has 18 heavy (non-hydrogen) atoms. The minimum absolute atomic E-state index is 0.168. The summed E-state index contributed by atoms with van der Waals surface area (Å²) in [6, 6.07) is 7.78. The van der Waals surface area contributed by atoms with Crippen molar-refractivity contribution in [3.05, 3.63) is 47.8 Å². The first-order chi connectivity index (χ1) is 8.79. The topological polar surface area (TPSA) is 57.8 Å². The maximum Gasteiger partial charge on any atom is 0.258 e. The van der Waals surface area contributed by atoms with Gasteiger partial charge in [0.2, 0.25) is 0 Å². The zero-order valence-electron chi connectivity index (χ0n) is 9.82. The standard InChI is InChI=1S/C13H14ClN3O/c14-6-2-4-10-3-1-5-12(7-10)17-13(18)11-8-15-16-9-11/h1,3,5,7-9H,2,4,6H2,(H,15,16)(H,17,18). The molecule has 0 aliphatic carbocycles. The largest absolute Gasteiger partial charge is 0.322 e. The lowest BCUT2D eigenvalue weighted by atomic mass is 10.1. The summed E-state index contributed by atoms with van der Waals surface area (Å²) in [4.78, 5) is 11.8. The lowest BCUT2D eigenvalue weighted by Gasteiger charge is -2.06. The van der Waals surface area contributed by atoms with Gasteiger partial charge in [-0.2, -0.15) is 5.10 Å². The number of hydrogen-bond acceptors (Lipinski definition) is 2. The number of aromatic nitrogens is 2. The molecular formula is C13H14ClN3O. The monoisotopic (exact) mass is 263 g/mol. The Hall–Kier alpha value is -1.81. The molecule has 5 heteroatoms. The number of nitrogens with one attached hydrogen (secondary N) is 2. The van der Waals surface area contributed by atoms with Crippen LogP contribution in [0.1, 0.15) is 22.3 Å². The molecule has 1 aromatic heterocycles. The third kappa shape index (κ3) is 3.34. The maximum atomic E-state index is 11.8. The molecule has 4 nitrogen and oxygen atoms in total. The second kappa shape index (κ2) is 6.21. The van der Waals surface area contributed by atoms with Gasteiger partial charge in [-0.3, -0.25) is 9.89 Å². The third-order valence-corrected chi connectivity index (χ3v) is 2.81. The Morgan fingerprint density at radius 2 is 2.33 bits per heavy atom. The van der Waals surface area contributed by atoms with Gasteiger partial charge in [0.05, 0.1) is 11.8 Å². The fourth-order valence-electron chi connectivity index (χ4n) is 1.65. The Morgan fingerprint density at radius 3 is 3.06 bits per heavy atom. The summed E-state index contributed by atoms with van der Waals surface area (Å²) in [5, 5.41) is 9.18. The van der Waals surface area contributed by atoms with E-state index in [1.54, 1.807) is 6.20 Å². The Morgan fingerprint density at radius 1 is 1.44 bits per heavy atom. The quantitative estimate of drug-likeness (QED) is 0.815. The number of amides is 1. The van der Waals surface area contributed by atoms with E-state index in [2.05, 4.69) is 15.5 Å². The van der Waals surface area contributed by atoms with Crippen molar-refractivity contribution < 1.29 is 4.79 Å². The van der Waals surface area contributed by atoms with Gasteiger partial charge in [-0.15, -0.1) is 11.6 Å². The molecule has 0 radical (unpaired) electrons. The Bertz CT molecular complexity index is 511. The number of H-pyrrole nitrogens is 1. The molecule has 0 saturated heterocycles. The summed E-state index contributed by atoms with van der Waals surface area (Å²) >= 11 is 5.66. The minimum atomic E-state index is -0.168. The van der Waals surface area contributed by atoms with Crippen LogP contribution in [-0.2, 0) is 6.42 Å². The number of carbonyl (C=O) groups excluding carboxylic acids is 1. The van der Waals surface area contributed by atoms with Crippen molar-refractivity contribution in [3.8, 4) is 0 Å². The predicted octanol–water partition coefficient (Wildman–Crippen LogP) is 2.83. The lowest BCUT2D eigenvalue weighted by Crippen LogP contribution is -2.11. The number of aryl methyl sites for hydroxylation is 1. The van der Waals surface area contributed by atoms with Crippen LogP contribution in [0, 0.1) is 0 Å². The van der Waals surface area contributed by atoms with E-state index in [1.807, 2.05) is 24.3 Å². The molecule has 2 rings (SSSR count). The van der Waals surface area contributed by atoms with Crippen LogP contribution in [0.3, 0.4) is 0 Å². The van der Waals surface area contributed by atoms with E-state index in [0.29, 0.717) is 11.4 Å². The molecule has 0 spiro atoms. The molecular weight excluding hydrogens is 250 g/mol. The zero-order chi connectivity index (χ0) is 12.8. The SMILES string of the molecule is O=C(Nc1cccc(CCCCl)c1)c1cn[nH]c1. The van der Waals surface area contributed by atoms with E-state index < -0.39 is 0 Å². The van der Waals surface area contributed by atoms with Crippen LogP contribution in [0.2, 0.25) is 0 Å². The highest BCUT2D eigenvalue weighted by atomic mass is 35.5. The van der Waals surface area contributed by atoms with Gasteiger partial charge in [0, 0.05) is 17.8 Å². The Kier molecular flexibility index (Phi) is 4.36. The highest BCUT2D eigenvalue weighted by molar-refractivity contribution is 6.17. The van der Waals surface area contributed by atoms with E-state index >= 15 is 0 Å². The summed E-state index contributed by atoms with van der Waals surface area (Å²) in [6.07, 6.45) is 4.90. The van der Waals surface area contributed by atoms with Gasteiger partial charge in [0.1, 0.15) is 0 Å². The summed E-state index contributed by atoms with van der Waals surface area (Å²) in [6.45, 7) is 0. The second-order valence-electron chi connectivity index (χ2n) is 3.93. The smallest absolute Gasteiger partial charge is 0.258 e. The number of alkyl halides is 1. The van der Waals surface area contributed by atoms with Gasteiger partial charge < -0.3 is 5.32 Å². The predicted molar refractivity (Wildman–Crippen MR) is 72.0 cm³/mol. The molecule has 1 heterocycles. The average molecular weight is 264 g/mol. The van der Waals surface area contributed by atoms with Crippen molar-refractivity contribution in [1.82, 2.24) is 10.2 Å². The number of nitrogens with zero attached hydrogens (tertiary/aromatic N) is 1. The van der Waals surface area contributed by atoms with Crippen molar-refractivity contribution in [1.29, 1.82) is 0 Å². The number of rotatable bonds is 5. The van der Waals surface area contributed by atoms with Crippen LogP contribution in [0.5, 0.6) is 0 Å². The van der Waals surface area contributed by atoms with Crippen molar-refractivity contribution in [3.63, 3.8) is 0 Å². The molecule has 2 aromatic rings. The van der Waals surface area contributed by atoms with E-state index in [9.17, 15) is 4.79 Å². The van der Waals surface area contributed by atoms with Crippen LogP contribution >= 0.6 is 11.6 Å². The van der Waals surface area contributed by atoms with Crippen LogP contribution in [-0.4, -0.2) is 22.0 Å². The van der Waals surface area contributed by atoms with Crippen LogP contribution in [0.15, 0.2) is 36.7 Å². The molecule has 0 unspecified atom stereocenters. The summed E-state index contributed by atoms with van der Waals surface area (Å²) in [5.74, 6) is 0.476. The molecule has 0 atom stereocenters. The lowest BCUT2D eigenvalue weighted by molar-refractivity contribution is 0.102. The molecule has 0 aliphatic rings. The summed E-state index contributed by atoms with van der Waals surface area (Å²) in [5.41, 5.74) is 2.47. The highest BCUT2D eigenvalue weighted by Crippen LogP contribution is 2.13. The average Bonchev–Trinajstić information content (AvgIpc) is 2.91. The fourth-order valence-corrected chi connectivity index (χ4v) is 1.79. The number of anilines is 1. The van der Waals surface area contributed by atoms with Crippen molar-refractivity contribution in [2.75, 3.05) is 11.2 Å². The fraction of sp³-hybridized carbons (Fsp3) is 0.231. The molecule has 0 saturated carbocycles. The second-order valence-corrected chi connectivity index (χ2v) is 4.31. The van der Waals surface area contributed by atoms with Crippen molar-refractivity contribution in [2.45, 2.75) is 12.8 Å². The molecule has 94 valence electrons. The maximum absolute atomic E-state index is 11.8. The van der Waals surface area contributed by atoms with E-state index in [0.717, 1.165) is 18.5 Å². The summed E-state index contributed by atoms with van der Waals surface area (Å²) < 4.78 is 0. The Balaban J connectivity index is 2.03. The molecule has 0 bridgehead atoms. The molecule has 2 N–H and O–H groups in total. The van der Waals surface area contributed by atoms with E-state index in [1.165, 1.54) is 11.8 Å². The zero-order valence-corrected chi connectivity index (χ0v) is 10.6. The number of halogens is 1. The third-order valence-electron chi connectivity index (χ3n) is 2.54. The van der Waals surface area contributed by atoms with Gasteiger partial charge in [0.15, 0.2) is 0 Å². The van der Waals surface area contributed by atoms with E-state index in [-0.39, 0.29) is 5.91 Å². The van der Waals surface area contributed by atoms with Crippen molar-refractivity contribution in [2.24, 2.45) is 0 Å². The number of aromatic amines is 1. The van der Waals surface area contributed by atoms with Crippen LogP contribution < -0.4 is 5.32 Å². The van der Waals surface area contributed by atoms with Gasteiger partial charge >= 0.3 is 0 Å². The number of carbonyl (C=O) groups is 1. The first kappa shape index (κ1) is 12.6. The van der Waals surface area contributed by atoms with Crippen molar-refractivity contribution >= 4 is 23.2 Å². The van der Waals surface area contributed by atoms with Gasteiger partial charge in [-0.25, -0.2) is 0 Å². The van der Waals surface area contributed by atoms with Crippen LogP contribution in [0.4, 0.5) is 5.69 Å². The molecule has 1 amide bonds. The normalized spacial score (nSPS) is 10.3. The van der Waals surface area contributed by atoms with Gasteiger partial charge in [-0.05, 0) is 30.5 Å². The molecule has 1 aromatic carbocycles. The summed E-state index contributed by atoms with van der Waals surface area (Å²) in [7, 11) is 0. The first-order valence-corrected chi connectivity index (χ1v) is 6.28. The minimum Gasteiger partial charge on any atom is -0.322 e. The number of hydrogen-bond donors (Lipinski definition) is 2. The van der Waals surface area contributed by atoms with Crippen LogP contribution in [0.25, 0.3) is 0 Å². The van der Waals surface area contributed by atoms with Gasteiger partial charge in [0.25, 0.3) is 5.91 Å². The molecule has 0 fully saturated rings. The van der Waals surface area contributed by atoms with Gasteiger partial charge in [-0.1, -0.05) is 12.1 Å². The Labute approximate surface area is 110 Å². The molecule has 0 aliphatic heterocycles. The highest BCUT2D eigenvalue weighted by Gasteiger charge is 2.06. The first-order valence-electron chi connectivity index (χ1n) is 5.74.